The van der Waals surface area contributed by atoms with Crippen molar-refractivity contribution in [2.75, 3.05) is 12.3 Å². The van der Waals surface area contributed by atoms with E-state index in [9.17, 15) is 13.2 Å². The minimum atomic E-state index is -3.38. The van der Waals surface area contributed by atoms with Crippen molar-refractivity contribution in [3.05, 3.63) is 0 Å². The standard InChI is InChI=1S/C20H41N3O3S/c1-2-3-4-5-6-7-8-9-10-11-12-13-17-27(25,26)23-18-15-14-16-22-20(24)19(18)21/h18-19,23H,2-17,21H2,1H3,(H,22,24)/t18?,19-/m0/s1. The number of sulfonamides is 1. The Morgan fingerprint density at radius 2 is 1.48 bits per heavy atom. The average Bonchev–Trinajstić information content (AvgIpc) is 2.78. The molecule has 0 saturated carbocycles. The van der Waals surface area contributed by atoms with Crippen LogP contribution in [-0.2, 0) is 14.8 Å². The van der Waals surface area contributed by atoms with Gasteiger partial charge in [0.2, 0.25) is 15.9 Å². The zero-order chi connectivity index (χ0) is 20.0. The highest BCUT2D eigenvalue weighted by atomic mass is 32.2. The van der Waals surface area contributed by atoms with Crippen molar-refractivity contribution in [1.82, 2.24) is 10.0 Å². The van der Waals surface area contributed by atoms with Gasteiger partial charge in [0.15, 0.2) is 0 Å². The van der Waals surface area contributed by atoms with Crippen molar-refractivity contribution in [3.63, 3.8) is 0 Å². The molecule has 0 aliphatic carbocycles. The molecule has 1 aliphatic rings. The van der Waals surface area contributed by atoms with Gasteiger partial charge in [-0.15, -0.1) is 0 Å². The molecule has 1 heterocycles. The molecule has 0 aromatic rings. The van der Waals surface area contributed by atoms with E-state index in [0.29, 0.717) is 19.4 Å². The first kappa shape index (κ1) is 24.4. The van der Waals surface area contributed by atoms with Crippen molar-refractivity contribution in [2.24, 2.45) is 5.73 Å². The molecule has 1 rings (SSSR count). The van der Waals surface area contributed by atoms with E-state index < -0.39 is 22.1 Å². The topological polar surface area (TPSA) is 101 Å². The molecular formula is C20H41N3O3S. The molecule has 7 heteroatoms. The Kier molecular flexibility index (Phi) is 13.0. The lowest BCUT2D eigenvalue weighted by Gasteiger charge is -2.21. The molecule has 1 saturated heterocycles. The molecule has 27 heavy (non-hydrogen) atoms. The molecule has 6 nitrogen and oxygen atoms in total. The van der Waals surface area contributed by atoms with Gasteiger partial charge < -0.3 is 11.1 Å². The summed E-state index contributed by atoms with van der Waals surface area (Å²) in [5.74, 6) is -0.152. The minimum absolute atomic E-state index is 0.120. The molecule has 1 aliphatic heterocycles. The van der Waals surface area contributed by atoms with Gasteiger partial charge in [-0.05, 0) is 19.3 Å². The summed E-state index contributed by atoms with van der Waals surface area (Å²) in [6, 6.07) is -1.29. The molecule has 4 N–H and O–H groups in total. The van der Waals surface area contributed by atoms with E-state index in [1.807, 2.05) is 0 Å². The molecule has 0 bridgehead atoms. The van der Waals surface area contributed by atoms with Crippen LogP contribution < -0.4 is 15.8 Å². The second-order valence-corrected chi connectivity index (χ2v) is 9.76. The van der Waals surface area contributed by atoms with Crippen LogP contribution in [0.4, 0.5) is 0 Å². The van der Waals surface area contributed by atoms with E-state index in [2.05, 4.69) is 17.0 Å². The highest BCUT2D eigenvalue weighted by Crippen LogP contribution is 2.13. The van der Waals surface area contributed by atoms with Crippen molar-refractivity contribution in [2.45, 2.75) is 109 Å². The number of nitrogens with two attached hydrogens (primary N) is 1. The summed E-state index contributed by atoms with van der Waals surface area (Å²) in [5.41, 5.74) is 5.86. The van der Waals surface area contributed by atoms with Crippen LogP contribution in [0, 0.1) is 0 Å². The van der Waals surface area contributed by atoms with Crippen molar-refractivity contribution in [1.29, 1.82) is 0 Å². The Balaban J connectivity index is 2.05. The zero-order valence-electron chi connectivity index (χ0n) is 17.2. The minimum Gasteiger partial charge on any atom is -0.355 e. The Bertz CT molecular complexity index is 497. The van der Waals surface area contributed by atoms with Crippen LogP contribution in [0.15, 0.2) is 0 Å². The van der Waals surface area contributed by atoms with Gasteiger partial charge in [0, 0.05) is 12.6 Å². The van der Waals surface area contributed by atoms with Crippen molar-refractivity contribution < 1.29 is 13.2 Å². The fourth-order valence-electron chi connectivity index (χ4n) is 3.57. The third-order valence-corrected chi connectivity index (χ3v) is 6.81. The van der Waals surface area contributed by atoms with Crippen LogP contribution in [0.3, 0.4) is 0 Å². The predicted octanol–water partition coefficient (Wildman–Crippen LogP) is 3.21. The molecule has 0 radical (unpaired) electrons. The monoisotopic (exact) mass is 403 g/mol. The van der Waals surface area contributed by atoms with Crippen LogP contribution in [0.5, 0.6) is 0 Å². The van der Waals surface area contributed by atoms with E-state index in [0.717, 1.165) is 19.3 Å². The van der Waals surface area contributed by atoms with Gasteiger partial charge in [-0.3, -0.25) is 4.79 Å². The first-order chi connectivity index (χ1) is 13.0. The number of unbranched alkanes of at least 4 members (excludes halogenated alkanes) is 11. The maximum absolute atomic E-state index is 12.2. The number of nitrogens with one attached hydrogen (secondary N) is 2. The summed E-state index contributed by atoms with van der Waals surface area (Å²) in [5, 5.41) is 2.70. The highest BCUT2D eigenvalue weighted by Gasteiger charge is 2.29. The lowest BCUT2D eigenvalue weighted by molar-refractivity contribution is -0.122. The highest BCUT2D eigenvalue weighted by molar-refractivity contribution is 7.89. The van der Waals surface area contributed by atoms with Gasteiger partial charge in [0.25, 0.3) is 0 Å². The molecule has 160 valence electrons. The fourth-order valence-corrected chi connectivity index (χ4v) is 5.00. The second kappa shape index (κ2) is 14.4. The van der Waals surface area contributed by atoms with Gasteiger partial charge in [0.05, 0.1) is 5.75 Å². The van der Waals surface area contributed by atoms with Crippen molar-refractivity contribution in [3.8, 4) is 0 Å². The van der Waals surface area contributed by atoms with Gasteiger partial charge in [0.1, 0.15) is 6.04 Å². The summed E-state index contributed by atoms with van der Waals surface area (Å²) in [4.78, 5) is 11.7. The van der Waals surface area contributed by atoms with E-state index in [1.54, 1.807) is 0 Å². The third kappa shape index (κ3) is 11.7. The molecule has 1 unspecified atom stereocenters. The summed E-state index contributed by atoms with van der Waals surface area (Å²) in [6.45, 7) is 2.80. The van der Waals surface area contributed by atoms with Gasteiger partial charge in [-0.25, -0.2) is 13.1 Å². The van der Waals surface area contributed by atoms with Crippen LogP contribution in [-0.4, -0.2) is 38.7 Å². The Morgan fingerprint density at radius 3 is 2.04 bits per heavy atom. The third-order valence-electron chi connectivity index (χ3n) is 5.32. The Morgan fingerprint density at radius 1 is 0.963 bits per heavy atom. The average molecular weight is 404 g/mol. The molecule has 2 atom stereocenters. The first-order valence-corrected chi connectivity index (χ1v) is 12.6. The molecule has 1 fully saturated rings. The normalized spacial score (nSPS) is 21.0. The van der Waals surface area contributed by atoms with Crippen molar-refractivity contribution >= 4 is 15.9 Å². The largest absolute Gasteiger partial charge is 0.355 e. The Labute approximate surface area is 166 Å². The quantitative estimate of drug-likeness (QED) is 0.365. The number of carbonyl (C=O) groups excluding carboxylic acids is 1. The molecule has 1 amide bonds. The van der Waals surface area contributed by atoms with Crippen LogP contribution in [0.1, 0.15) is 96.8 Å². The van der Waals surface area contributed by atoms with Gasteiger partial charge >= 0.3 is 0 Å². The van der Waals surface area contributed by atoms with Crippen LogP contribution in [0.25, 0.3) is 0 Å². The SMILES string of the molecule is CCCCCCCCCCCCCCS(=O)(=O)NC1CCCNC(=O)[C@H]1N. The second-order valence-electron chi connectivity index (χ2n) is 7.89. The number of amides is 1. The number of rotatable bonds is 15. The maximum Gasteiger partial charge on any atom is 0.238 e. The smallest absolute Gasteiger partial charge is 0.238 e. The molecule has 0 aromatic carbocycles. The van der Waals surface area contributed by atoms with Gasteiger partial charge in [-0.2, -0.15) is 0 Å². The summed E-state index contributed by atoms with van der Waals surface area (Å²) in [6.07, 6.45) is 15.9. The predicted molar refractivity (Wildman–Crippen MR) is 112 cm³/mol. The lowest BCUT2D eigenvalue weighted by atomic mass is 10.1. The summed E-state index contributed by atoms with van der Waals surface area (Å²) in [7, 11) is -3.38. The van der Waals surface area contributed by atoms with E-state index in [1.165, 1.54) is 57.8 Å². The first-order valence-electron chi connectivity index (χ1n) is 11.0. The number of hydrogen-bond donors (Lipinski definition) is 3. The van der Waals surface area contributed by atoms with Crippen LogP contribution in [0.2, 0.25) is 0 Å². The fraction of sp³-hybridized carbons (Fsp3) is 0.950. The Hall–Kier alpha value is -0.660. The number of carbonyl (C=O) groups is 1. The maximum atomic E-state index is 12.2. The van der Waals surface area contributed by atoms with Gasteiger partial charge in [-0.1, -0.05) is 77.6 Å². The van der Waals surface area contributed by atoms with E-state index in [-0.39, 0.29) is 11.7 Å². The summed E-state index contributed by atoms with van der Waals surface area (Å²) < 4.78 is 27.1. The molecular weight excluding hydrogens is 362 g/mol. The van der Waals surface area contributed by atoms with E-state index in [4.69, 9.17) is 5.73 Å². The molecule has 0 aromatic heterocycles. The molecule has 0 spiro atoms. The van der Waals surface area contributed by atoms with Crippen LogP contribution >= 0.6 is 0 Å². The number of hydrogen-bond acceptors (Lipinski definition) is 4. The lowest BCUT2D eigenvalue weighted by Crippen LogP contribution is -2.53. The summed E-state index contributed by atoms with van der Waals surface area (Å²) >= 11 is 0. The van der Waals surface area contributed by atoms with E-state index >= 15 is 0 Å². The zero-order valence-corrected chi connectivity index (χ0v) is 18.0.